The number of nitro groups is 1. The molecular weight excluding hydrogens is 619 g/mol. The first kappa shape index (κ1) is 33.6. The molecule has 0 fully saturated rings. The fraction of sp³-hybridized carbons (Fsp3) is 0.310. The molecule has 14 heteroatoms. The number of halogens is 2. The molecule has 1 N–H and O–H groups in total. The molecule has 0 aliphatic rings. The van der Waals surface area contributed by atoms with Crippen LogP contribution >= 0.6 is 23.2 Å². The summed E-state index contributed by atoms with van der Waals surface area (Å²) in [4.78, 5) is 38.8. The van der Waals surface area contributed by atoms with Crippen LogP contribution in [0.5, 0.6) is 5.75 Å². The lowest BCUT2D eigenvalue weighted by Crippen LogP contribution is -2.51. The highest BCUT2D eigenvalue weighted by Gasteiger charge is 2.35. The van der Waals surface area contributed by atoms with Crippen LogP contribution in [0.3, 0.4) is 0 Å². The highest BCUT2D eigenvalue weighted by Crippen LogP contribution is 2.36. The lowest BCUT2D eigenvalue weighted by atomic mass is 10.1. The SMILES string of the molecule is CCCNC(=O)[C@H](C)N(Cc1ccc(Cl)cc1)C(=O)CN(c1cc(Cl)ccc1OC)S(=O)(=O)c1ccc(C)c([N+](=O)[O-])c1. The fourth-order valence-electron chi connectivity index (χ4n) is 4.21. The van der Waals surface area contributed by atoms with Gasteiger partial charge in [-0.15, -0.1) is 0 Å². The third kappa shape index (κ3) is 8.15. The smallest absolute Gasteiger partial charge is 0.273 e. The lowest BCUT2D eigenvalue weighted by molar-refractivity contribution is -0.385. The van der Waals surface area contributed by atoms with Crippen molar-refractivity contribution in [3.63, 3.8) is 0 Å². The van der Waals surface area contributed by atoms with Gasteiger partial charge in [0.15, 0.2) is 0 Å². The van der Waals surface area contributed by atoms with E-state index >= 15 is 0 Å². The van der Waals surface area contributed by atoms with Crippen molar-refractivity contribution >= 4 is 56.4 Å². The standard InChI is InChI=1S/C29H32Cl2N4O7S/c1-5-14-32-29(37)20(3)33(17-21-7-9-22(30)10-8-21)28(36)18-34(26-15-23(31)11-13-27(26)42-4)43(40,41)24-12-6-19(2)25(16-24)35(38)39/h6-13,15-16,20H,5,14,17-18H2,1-4H3,(H,32,37)/t20-/m0/s1. The number of nitro benzene ring substituents is 1. The predicted molar refractivity (Wildman–Crippen MR) is 165 cm³/mol. The van der Waals surface area contributed by atoms with Crippen molar-refractivity contribution in [1.82, 2.24) is 10.2 Å². The average molecular weight is 652 g/mol. The number of ether oxygens (including phenoxy) is 1. The van der Waals surface area contributed by atoms with Gasteiger partial charge in [0.2, 0.25) is 11.8 Å². The topological polar surface area (TPSA) is 139 Å². The molecule has 0 unspecified atom stereocenters. The molecule has 0 heterocycles. The summed E-state index contributed by atoms with van der Waals surface area (Å²) < 4.78 is 34.5. The highest BCUT2D eigenvalue weighted by atomic mass is 35.5. The average Bonchev–Trinajstić information content (AvgIpc) is 2.97. The Kier molecular flexibility index (Phi) is 11.4. The van der Waals surface area contributed by atoms with E-state index in [4.69, 9.17) is 27.9 Å². The van der Waals surface area contributed by atoms with Gasteiger partial charge >= 0.3 is 0 Å². The van der Waals surface area contributed by atoms with Gasteiger partial charge in [0.1, 0.15) is 18.3 Å². The second-order valence-corrected chi connectivity index (χ2v) is 12.4. The van der Waals surface area contributed by atoms with Crippen molar-refractivity contribution in [2.45, 2.75) is 44.7 Å². The van der Waals surface area contributed by atoms with Crippen molar-refractivity contribution in [3.8, 4) is 5.75 Å². The van der Waals surface area contributed by atoms with Gasteiger partial charge in [-0.3, -0.25) is 24.0 Å². The lowest BCUT2D eigenvalue weighted by Gasteiger charge is -2.32. The number of aryl methyl sites for hydroxylation is 1. The molecule has 0 bridgehead atoms. The summed E-state index contributed by atoms with van der Waals surface area (Å²) in [5.41, 5.74) is 0.432. The van der Waals surface area contributed by atoms with Gasteiger partial charge in [0.25, 0.3) is 15.7 Å². The number of hydrogen-bond donors (Lipinski definition) is 1. The Balaban J connectivity index is 2.15. The first-order valence-corrected chi connectivity index (χ1v) is 15.4. The zero-order valence-corrected chi connectivity index (χ0v) is 26.4. The van der Waals surface area contributed by atoms with Crippen LogP contribution in [-0.2, 0) is 26.2 Å². The Bertz CT molecular complexity index is 1600. The van der Waals surface area contributed by atoms with E-state index in [0.29, 0.717) is 23.6 Å². The van der Waals surface area contributed by atoms with Crippen molar-refractivity contribution in [3.05, 3.63) is 92.0 Å². The Labute approximate surface area is 260 Å². The second-order valence-electron chi connectivity index (χ2n) is 9.65. The number of hydrogen-bond acceptors (Lipinski definition) is 7. The Morgan fingerprint density at radius 3 is 2.30 bits per heavy atom. The number of carbonyl (C=O) groups is 2. The van der Waals surface area contributed by atoms with Crippen molar-refractivity contribution < 1.29 is 27.7 Å². The van der Waals surface area contributed by atoms with E-state index in [1.807, 2.05) is 6.92 Å². The zero-order chi connectivity index (χ0) is 31.9. The van der Waals surface area contributed by atoms with E-state index in [9.17, 15) is 28.1 Å². The molecule has 0 aromatic heterocycles. The number of nitrogens with zero attached hydrogens (tertiary/aromatic N) is 3. The van der Waals surface area contributed by atoms with Crippen molar-refractivity contribution in [1.29, 1.82) is 0 Å². The van der Waals surface area contributed by atoms with E-state index in [1.165, 1.54) is 49.3 Å². The highest BCUT2D eigenvalue weighted by molar-refractivity contribution is 7.92. The minimum Gasteiger partial charge on any atom is -0.495 e. The number of benzene rings is 3. The zero-order valence-electron chi connectivity index (χ0n) is 24.0. The van der Waals surface area contributed by atoms with Gasteiger partial charge < -0.3 is 15.0 Å². The number of anilines is 1. The summed E-state index contributed by atoms with van der Waals surface area (Å²) in [6.45, 7) is 4.49. The minimum absolute atomic E-state index is 0.0344. The van der Waals surface area contributed by atoms with E-state index in [2.05, 4.69) is 5.32 Å². The van der Waals surface area contributed by atoms with Crippen LogP contribution in [0, 0.1) is 17.0 Å². The molecule has 43 heavy (non-hydrogen) atoms. The number of methoxy groups -OCH3 is 1. The number of sulfonamides is 1. The molecule has 3 aromatic rings. The van der Waals surface area contributed by atoms with Crippen LogP contribution in [0.1, 0.15) is 31.4 Å². The predicted octanol–water partition coefficient (Wildman–Crippen LogP) is 5.36. The van der Waals surface area contributed by atoms with Gasteiger partial charge in [0, 0.05) is 34.8 Å². The van der Waals surface area contributed by atoms with Gasteiger partial charge in [-0.2, -0.15) is 0 Å². The third-order valence-electron chi connectivity index (χ3n) is 6.64. The van der Waals surface area contributed by atoms with E-state index in [-0.39, 0.29) is 28.6 Å². The van der Waals surface area contributed by atoms with Crippen molar-refractivity contribution in [2.75, 3.05) is 24.5 Å². The van der Waals surface area contributed by atoms with Crippen LogP contribution in [0.15, 0.2) is 65.6 Å². The molecule has 1 atom stereocenters. The first-order chi connectivity index (χ1) is 20.3. The van der Waals surface area contributed by atoms with Gasteiger partial charge in [0.05, 0.1) is 22.6 Å². The number of nitrogens with one attached hydrogen (secondary N) is 1. The van der Waals surface area contributed by atoms with Gasteiger partial charge in [-0.05, 0) is 62.2 Å². The molecule has 0 radical (unpaired) electrons. The first-order valence-electron chi connectivity index (χ1n) is 13.2. The van der Waals surface area contributed by atoms with Crippen LogP contribution < -0.4 is 14.4 Å². The quantitative estimate of drug-likeness (QED) is 0.194. The maximum absolute atomic E-state index is 14.1. The molecule has 0 aliphatic heterocycles. The van der Waals surface area contributed by atoms with Crippen molar-refractivity contribution in [2.24, 2.45) is 0 Å². The summed E-state index contributed by atoms with van der Waals surface area (Å²) in [6.07, 6.45) is 0.673. The van der Waals surface area contributed by atoms with Gasteiger partial charge in [-0.25, -0.2) is 8.42 Å². The molecule has 2 amide bonds. The number of amides is 2. The minimum atomic E-state index is -4.62. The molecule has 230 valence electrons. The van der Waals surface area contributed by atoms with Crippen LogP contribution in [0.25, 0.3) is 0 Å². The normalized spacial score (nSPS) is 11.9. The molecule has 0 saturated heterocycles. The van der Waals surface area contributed by atoms with E-state index < -0.39 is 49.9 Å². The number of carbonyl (C=O) groups excluding carboxylic acids is 2. The molecule has 3 aromatic carbocycles. The summed E-state index contributed by atoms with van der Waals surface area (Å²) in [6, 6.07) is 13.4. The second kappa shape index (κ2) is 14.5. The van der Waals surface area contributed by atoms with Crippen LogP contribution in [-0.4, -0.2) is 56.3 Å². The summed E-state index contributed by atoms with van der Waals surface area (Å²) in [5.74, 6) is -1.06. The van der Waals surface area contributed by atoms with E-state index in [0.717, 1.165) is 10.4 Å². The molecule has 11 nitrogen and oxygen atoms in total. The molecular formula is C29H32Cl2N4O7S. The molecule has 3 rings (SSSR count). The number of rotatable bonds is 13. The maximum Gasteiger partial charge on any atom is 0.273 e. The monoisotopic (exact) mass is 650 g/mol. The summed E-state index contributed by atoms with van der Waals surface area (Å²) in [5, 5.41) is 15.0. The molecule has 0 saturated carbocycles. The van der Waals surface area contributed by atoms with Crippen LogP contribution in [0.2, 0.25) is 10.0 Å². The van der Waals surface area contributed by atoms with E-state index in [1.54, 1.807) is 31.2 Å². The largest absolute Gasteiger partial charge is 0.495 e. The fourth-order valence-corrected chi connectivity index (χ4v) is 5.94. The maximum atomic E-state index is 14.1. The Hall–Kier alpha value is -3.87. The Morgan fingerprint density at radius 2 is 1.70 bits per heavy atom. The molecule has 0 aliphatic carbocycles. The molecule has 0 spiro atoms. The third-order valence-corrected chi connectivity index (χ3v) is 8.88. The Morgan fingerprint density at radius 1 is 1.05 bits per heavy atom. The summed E-state index contributed by atoms with van der Waals surface area (Å²) >= 11 is 12.3. The van der Waals surface area contributed by atoms with Crippen LogP contribution in [0.4, 0.5) is 11.4 Å². The van der Waals surface area contributed by atoms with Gasteiger partial charge in [-0.1, -0.05) is 48.3 Å². The summed E-state index contributed by atoms with van der Waals surface area (Å²) in [7, 11) is -3.30.